The molecule has 0 unspecified atom stereocenters. The number of hydrogen-bond donors (Lipinski definition) is 1. The van der Waals surface area contributed by atoms with Crippen LogP contribution in [0.3, 0.4) is 0 Å². The van der Waals surface area contributed by atoms with Gasteiger partial charge in [-0.3, -0.25) is 0 Å². The van der Waals surface area contributed by atoms with E-state index in [-0.39, 0.29) is 18.3 Å². The maximum atomic E-state index is 11.0. The summed E-state index contributed by atoms with van der Waals surface area (Å²) in [4.78, 5) is 15.1. The number of benzene rings is 1. The average Bonchev–Trinajstić information content (AvgIpc) is 2.82. The molecule has 0 saturated heterocycles. The number of imidazole rings is 1. The molecule has 0 fully saturated rings. The molecule has 1 aromatic carbocycles. The molecule has 5 heteroatoms. The molecule has 0 atom stereocenters. The van der Waals surface area contributed by atoms with E-state index < -0.39 is 5.97 Å². The van der Waals surface area contributed by atoms with E-state index in [0.29, 0.717) is 5.82 Å². The third-order valence-electron chi connectivity index (χ3n) is 2.97. The standard InChI is InChI=1S/C15H18N2O3/c1-10(2)17-8-13(15(18)19)16-14(17)9-20-12-6-4-11(3)5-7-12/h4-8,10H,9H2,1-3H3,(H,18,19). The lowest BCUT2D eigenvalue weighted by Gasteiger charge is -2.12. The molecule has 0 aliphatic heterocycles. The summed E-state index contributed by atoms with van der Waals surface area (Å²) >= 11 is 0. The van der Waals surface area contributed by atoms with Gasteiger partial charge >= 0.3 is 5.97 Å². The highest BCUT2D eigenvalue weighted by atomic mass is 16.5. The second kappa shape index (κ2) is 5.77. The third-order valence-corrected chi connectivity index (χ3v) is 2.97. The van der Waals surface area contributed by atoms with Crippen LogP contribution in [0.4, 0.5) is 0 Å². The molecule has 2 aromatic rings. The van der Waals surface area contributed by atoms with Crippen LogP contribution in [0.15, 0.2) is 30.5 Å². The van der Waals surface area contributed by atoms with Crippen LogP contribution in [-0.2, 0) is 6.61 Å². The van der Waals surface area contributed by atoms with Crippen molar-refractivity contribution in [1.29, 1.82) is 0 Å². The molecule has 1 N–H and O–H groups in total. The van der Waals surface area contributed by atoms with Gasteiger partial charge in [0.15, 0.2) is 5.69 Å². The zero-order valence-electron chi connectivity index (χ0n) is 11.8. The van der Waals surface area contributed by atoms with E-state index >= 15 is 0 Å². The largest absolute Gasteiger partial charge is 0.486 e. The minimum Gasteiger partial charge on any atom is -0.486 e. The maximum Gasteiger partial charge on any atom is 0.356 e. The highest BCUT2D eigenvalue weighted by Gasteiger charge is 2.15. The van der Waals surface area contributed by atoms with Gasteiger partial charge in [0.2, 0.25) is 0 Å². The van der Waals surface area contributed by atoms with E-state index in [0.717, 1.165) is 11.3 Å². The molecule has 0 amide bonds. The molecule has 0 bridgehead atoms. The number of aryl methyl sites for hydroxylation is 1. The van der Waals surface area contributed by atoms with E-state index in [4.69, 9.17) is 9.84 Å². The number of nitrogens with zero attached hydrogens (tertiary/aromatic N) is 2. The van der Waals surface area contributed by atoms with Crippen molar-refractivity contribution in [2.24, 2.45) is 0 Å². The van der Waals surface area contributed by atoms with Gasteiger partial charge in [-0.05, 0) is 32.9 Å². The number of aromatic carboxylic acids is 1. The van der Waals surface area contributed by atoms with Crippen molar-refractivity contribution in [3.8, 4) is 5.75 Å². The van der Waals surface area contributed by atoms with Gasteiger partial charge in [-0.2, -0.15) is 0 Å². The van der Waals surface area contributed by atoms with Gasteiger partial charge in [-0.15, -0.1) is 0 Å². The van der Waals surface area contributed by atoms with Gasteiger partial charge in [-0.1, -0.05) is 17.7 Å². The smallest absolute Gasteiger partial charge is 0.356 e. The number of carboxylic acids is 1. The zero-order chi connectivity index (χ0) is 14.7. The number of aromatic nitrogens is 2. The van der Waals surface area contributed by atoms with Crippen molar-refractivity contribution in [2.45, 2.75) is 33.4 Å². The Kier molecular flexibility index (Phi) is 4.08. The lowest BCUT2D eigenvalue weighted by Crippen LogP contribution is -2.08. The molecule has 1 aromatic heterocycles. The highest BCUT2D eigenvalue weighted by Crippen LogP contribution is 2.16. The number of rotatable bonds is 5. The Morgan fingerprint density at radius 1 is 1.35 bits per heavy atom. The van der Waals surface area contributed by atoms with E-state index in [1.165, 1.54) is 0 Å². The SMILES string of the molecule is Cc1ccc(OCc2nc(C(=O)O)cn2C(C)C)cc1. The Morgan fingerprint density at radius 2 is 2.00 bits per heavy atom. The van der Waals surface area contributed by atoms with Crippen LogP contribution in [0.25, 0.3) is 0 Å². The van der Waals surface area contributed by atoms with Crippen molar-refractivity contribution in [3.63, 3.8) is 0 Å². The van der Waals surface area contributed by atoms with Crippen LogP contribution in [-0.4, -0.2) is 20.6 Å². The number of hydrogen-bond acceptors (Lipinski definition) is 3. The fourth-order valence-electron chi connectivity index (χ4n) is 1.87. The molecule has 0 spiro atoms. The van der Waals surface area contributed by atoms with Gasteiger partial charge in [-0.25, -0.2) is 9.78 Å². The van der Waals surface area contributed by atoms with E-state index in [1.807, 2.05) is 49.6 Å². The Bertz CT molecular complexity index is 600. The van der Waals surface area contributed by atoms with Gasteiger partial charge in [0.25, 0.3) is 0 Å². The van der Waals surface area contributed by atoms with Crippen molar-refractivity contribution in [2.75, 3.05) is 0 Å². The Hall–Kier alpha value is -2.30. The van der Waals surface area contributed by atoms with Crippen LogP contribution in [0, 0.1) is 6.92 Å². The summed E-state index contributed by atoms with van der Waals surface area (Å²) < 4.78 is 7.47. The van der Waals surface area contributed by atoms with E-state index in [1.54, 1.807) is 6.20 Å². The quantitative estimate of drug-likeness (QED) is 0.910. The van der Waals surface area contributed by atoms with Gasteiger partial charge < -0.3 is 14.4 Å². The van der Waals surface area contributed by atoms with E-state index in [9.17, 15) is 4.79 Å². The predicted molar refractivity (Wildman–Crippen MR) is 75.1 cm³/mol. The van der Waals surface area contributed by atoms with Gasteiger partial charge in [0, 0.05) is 12.2 Å². The van der Waals surface area contributed by atoms with Crippen LogP contribution in [0.5, 0.6) is 5.75 Å². The summed E-state index contributed by atoms with van der Waals surface area (Å²) in [5.41, 5.74) is 1.20. The molecular weight excluding hydrogens is 256 g/mol. The van der Waals surface area contributed by atoms with Crippen molar-refractivity contribution in [1.82, 2.24) is 9.55 Å². The summed E-state index contributed by atoms with van der Waals surface area (Å²) in [5.74, 6) is 0.324. The van der Waals surface area contributed by atoms with Crippen molar-refractivity contribution in [3.05, 3.63) is 47.5 Å². The zero-order valence-corrected chi connectivity index (χ0v) is 11.8. The second-order valence-electron chi connectivity index (χ2n) is 4.95. The van der Waals surface area contributed by atoms with Crippen LogP contribution < -0.4 is 4.74 Å². The topological polar surface area (TPSA) is 64.3 Å². The normalized spacial score (nSPS) is 10.8. The van der Waals surface area contributed by atoms with Gasteiger partial charge in [0.05, 0.1) is 0 Å². The maximum absolute atomic E-state index is 11.0. The first-order valence-corrected chi connectivity index (χ1v) is 6.48. The highest BCUT2D eigenvalue weighted by molar-refractivity contribution is 5.85. The minimum atomic E-state index is -1.03. The Labute approximate surface area is 117 Å². The summed E-state index contributed by atoms with van der Waals surface area (Å²) in [5, 5.41) is 9.00. The fourth-order valence-corrected chi connectivity index (χ4v) is 1.87. The molecule has 2 rings (SSSR count). The number of carbonyl (C=O) groups is 1. The molecular formula is C15H18N2O3. The summed E-state index contributed by atoms with van der Waals surface area (Å²) in [7, 11) is 0. The molecule has 20 heavy (non-hydrogen) atoms. The Balaban J connectivity index is 2.15. The molecule has 1 heterocycles. The molecule has 5 nitrogen and oxygen atoms in total. The molecule has 106 valence electrons. The molecule has 0 aliphatic rings. The molecule has 0 saturated carbocycles. The first-order chi connectivity index (χ1) is 9.47. The van der Waals surface area contributed by atoms with Crippen LogP contribution >= 0.6 is 0 Å². The molecule has 0 aliphatic carbocycles. The molecule has 0 radical (unpaired) electrons. The first kappa shape index (κ1) is 14.1. The Morgan fingerprint density at radius 3 is 2.55 bits per heavy atom. The lowest BCUT2D eigenvalue weighted by molar-refractivity contribution is 0.0690. The first-order valence-electron chi connectivity index (χ1n) is 6.48. The number of ether oxygens (including phenoxy) is 1. The second-order valence-corrected chi connectivity index (χ2v) is 4.95. The lowest BCUT2D eigenvalue weighted by atomic mass is 10.2. The predicted octanol–water partition coefficient (Wildman–Crippen LogP) is 3.05. The fraction of sp³-hybridized carbons (Fsp3) is 0.333. The van der Waals surface area contributed by atoms with Crippen LogP contribution in [0.1, 0.15) is 41.8 Å². The summed E-state index contributed by atoms with van der Waals surface area (Å²) in [6.45, 7) is 6.20. The average molecular weight is 274 g/mol. The van der Waals surface area contributed by atoms with Crippen LogP contribution in [0.2, 0.25) is 0 Å². The van der Waals surface area contributed by atoms with Crippen molar-refractivity contribution >= 4 is 5.97 Å². The summed E-state index contributed by atoms with van der Waals surface area (Å²) in [6, 6.07) is 7.83. The summed E-state index contributed by atoms with van der Waals surface area (Å²) in [6.07, 6.45) is 1.54. The number of carboxylic acid groups (broad SMARTS) is 1. The minimum absolute atomic E-state index is 0.0428. The van der Waals surface area contributed by atoms with Gasteiger partial charge in [0.1, 0.15) is 18.2 Å². The van der Waals surface area contributed by atoms with E-state index in [2.05, 4.69) is 4.98 Å². The monoisotopic (exact) mass is 274 g/mol. The van der Waals surface area contributed by atoms with Crippen molar-refractivity contribution < 1.29 is 14.6 Å². The third kappa shape index (κ3) is 3.17.